The molecule has 0 N–H and O–H groups in total. The third-order valence-electron chi connectivity index (χ3n) is 3.19. The van der Waals surface area contributed by atoms with Gasteiger partial charge in [-0.1, -0.05) is 56.1 Å². The van der Waals surface area contributed by atoms with Gasteiger partial charge in [0.15, 0.2) is 0 Å². The van der Waals surface area contributed by atoms with Crippen molar-refractivity contribution in [3.8, 4) is 5.75 Å². The fraction of sp³-hybridized carbons (Fsp3) is 0.250. The minimum absolute atomic E-state index is 0.237. The maximum absolute atomic E-state index is 5.44. The van der Waals surface area contributed by atoms with E-state index in [2.05, 4.69) is 69.1 Å². The molecule has 0 aliphatic carbocycles. The van der Waals surface area contributed by atoms with Crippen molar-refractivity contribution >= 4 is 31.9 Å². The van der Waals surface area contributed by atoms with Gasteiger partial charge in [0.1, 0.15) is 5.75 Å². The number of ether oxygens (including phenoxy) is 1. The Morgan fingerprint density at radius 2 is 1.89 bits per heavy atom. The molecule has 3 heteroatoms. The Hall–Kier alpha value is -0.800. The Balaban J connectivity index is 2.27. The number of methoxy groups -OCH3 is 1. The van der Waals surface area contributed by atoms with Crippen LogP contribution in [0.1, 0.15) is 21.5 Å². The zero-order valence-corrected chi connectivity index (χ0v) is 14.2. The predicted octanol–water partition coefficient (Wildman–Crippen LogP) is 5.44. The van der Waals surface area contributed by atoms with E-state index < -0.39 is 0 Å². The summed E-state index contributed by atoms with van der Waals surface area (Å²) in [4.78, 5) is 0.237. The van der Waals surface area contributed by atoms with E-state index in [0.717, 1.165) is 16.6 Å². The summed E-state index contributed by atoms with van der Waals surface area (Å²) in [6.45, 7) is 2.15. The average Bonchev–Trinajstić information content (AvgIpc) is 2.41. The van der Waals surface area contributed by atoms with Crippen molar-refractivity contribution in [2.24, 2.45) is 0 Å². The van der Waals surface area contributed by atoms with Crippen LogP contribution in [0.25, 0.3) is 0 Å². The maximum Gasteiger partial charge on any atom is 0.123 e. The zero-order chi connectivity index (χ0) is 13.8. The molecule has 0 spiro atoms. The number of aryl methyl sites for hydroxylation is 1. The molecule has 2 aromatic carbocycles. The summed E-state index contributed by atoms with van der Waals surface area (Å²) in [5.74, 6) is 0.915. The van der Waals surface area contributed by atoms with Gasteiger partial charge in [0.25, 0.3) is 0 Å². The first-order valence-electron chi connectivity index (χ1n) is 6.14. The molecule has 19 heavy (non-hydrogen) atoms. The van der Waals surface area contributed by atoms with Crippen LogP contribution in [0.15, 0.2) is 46.9 Å². The van der Waals surface area contributed by atoms with Gasteiger partial charge in [-0.05, 0) is 42.7 Å². The van der Waals surface area contributed by atoms with E-state index in [1.807, 2.05) is 12.1 Å². The van der Waals surface area contributed by atoms with Crippen LogP contribution in [0.4, 0.5) is 0 Å². The molecule has 2 aromatic rings. The maximum atomic E-state index is 5.44. The lowest BCUT2D eigenvalue weighted by Crippen LogP contribution is -2.00. The summed E-state index contributed by atoms with van der Waals surface area (Å²) >= 11 is 7.30. The summed E-state index contributed by atoms with van der Waals surface area (Å²) < 4.78 is 6.51. The quantitative estimate of drug-likeness (QED) is 0.638. The van der Waals surface area contributed by atoms with Crippen LogP contribution >= 0.6 is 31.9 Å². The molecule has 0 saturated heterocycles. The molecule has 0 amide bonds. The third kappa shape index (κ3) is 3.61. The first-order valence-corrected chi connectivity index (χ1v) is 7.84. The van der Waals surface area contributed by atoms with Crippen LogP contribution in [0, 0.1) is 6.92 Å². The van der Waals surface area contributed by atoms with Gasteiger partial charge in [-0.2, -0.15) is 0 Å². The minimum Gasteiger partial charge on any atom is -0.496 e. The molecular weight excluding hydrogens is 368 g/mol. The fourth-order valence-corrected chi connectivity index (χ4v) is 3.18. The standard InChI is InChI=1S/C16H16Br2O/c1-11-5-3-4-6-12(11)9-15(18)14-10-13(17)7-8-16(14)19-2/h3-8,10,15H,9H2,1-2H3. The van der Waals surface area contributed by atoms with Gasteiger partial charge in [-0.3, -0.25) is 0 Å². The Kier molecular flexibility index (Phi) is 5.06. The lowest BCUT2D eigenvalue weighted by atomic mass is 10.00. The molecular formula is C16H16Br2O. The van der Waals surface area contributed by atoms with Crippen LogP contribution in [-0.4, -0.2) is 7.11 Å². The number of rotatable bonds is 4. The van der Waals surface area contributed by atoms with E-state index in [9.17, 15) is 0 Å². The van der Waals surface area contributed by atoms with E-state index in [-0.39, 0.29) is 4.83 Å². The van der Waals surface area contributed by atoms with Crippen LogP contribution in [0.2, 0.25) is 0 Å². The van der Waals surface area contributed by atoms with Crippen molar-refractivity contribution in [3.63, 3.8) is 0 Å². The molecule has 1 nitrogen and oxygen atoms in total. The highest BCUT2D eigenvalue weighted by molar-refractivity contribution is 9.10. The van der Waals surface area contributed by atoms with Crippen molar-refractivity contribution in [1.29, 1.82) is 0 Å². The van der Waals surface area contributed by atoms with Crippen molar-refractivity contribution in [2.45, 2.75) is 18.2 Å². The summed E-state index contributed by atoms with van der Waals surface area (Å²) in [5.41, 5.74) is 3.84. The second kappa shape index (κ2) is 6.58. The molecule has 0 radical (unpaired) electrons. The summed E-state index contributed by atoms with van der Waals surface area (Å²) in [6, 6.07) is 14.6. The van der Waals surface area contributed by atoms with E-state index in [4.69, 9.17) is 4.74 Å². The minimum atomic E-state index is 0.237. The van der Waals surface area contributed by atoms with Crippen LogP contribution in [0.5, 0.6) is 5.75 Å². The Morgan fingerprint density at radius 1 is 1.16 bits per heavy atom. The van der Waals surface area contributed by atoms with Gasteiger partial charge in [0, 0.05) is 14.9 Å². The molecule has 1 atom stereocenters. The van der Waals surface area contributed by atoms with Crippen LogP contribution in [0.3, 0.4) is 0 Å². The van der Waals surface area contributed by atoms with E-state index in [1.165, 1.54) is 16.7 Å². The lowest BCUT2D eigenvalue weighted by Gasteiger charge is -2.16. The normalized spacial score (nSPS) is 12.2. The second-order valence-corrected chi connectivity index (χ2v) is 6.51. The first kappa shape index (κ1) is 14.6. The van der Waals surface area contributed by atoms with Crippen molar-refractivity contribution < 1.29 is 4.74 Å². The van der Waals surface area contributed by atoms with Gasteiger partial charge in [-0.15, -0.1) is 0 Å². The average molecular weight is 384 g/mol. The van der Waals surface area contributed by atoms with Gasteiger partial charge in [0.05, 0.1) is 7.11 Å². The third-order valence-corrected chi connectivity index (χ3v) is 4.50. The number of hydrogen-bond acceptors (Lipinski definition) is 1. The Labute approximate surface area is 131 Å². The fourth-order valence-electron chi connectivity index (χ4n) is 2.09. The molecule has 0 fully saturated rings. The lowest BCUT2D eigenvalue weighted by molar-refractivity contribution is 0.409. The molecule has 100 valence electrons. The highest BCUT2D eigenvalue weighted by Crippen LogP contribution is 2.36. The number of hydrogen-bond donors (Lipinski definition) is 0. The molecule has 0 bridgehead atoms. The molecule has 0 aliphatic rings. The zero-order valence-electron chi connectivity index (χ0n) is 11.0. The largest absolute Gasteiger partial charge is 0.496 e. The molecule has 0 aromatic heterocycles. The molecule has 0 aliphatic heterocycles. The van der Waals surface area contributed by atoms with Crippen LogP contribution in [-0.2, 0) is 6.42 Å². The number of benzene rings is 2. The summed E-state index contributed by atoms with van der Waals surface area (Å²) in [7, 11) is 1.71. The molecule has 0 heterocycles. The van der Waals surface area contributed by atoms with E-state index >= 15 is 0 Å². The predicted molar refractivity (Wildman–Crippen MR) is 87.2 cm³/mol. The molecule has 1 unspecified atom stereocenters. The van der Waals surface area contributed by atoms with Crippen molar-refractivity contribution in [3.05, 3.63) is 63.6 Å². The summed E-state index contributed by atoms with van der Waals surface area (Å²) in [6.07, 6.45) is 0.944. The van der Waals surface area contributed by atoms with Gasteiger partial charge < -0.3 is 4.74 Å². The highest BCUT2D eigenvalue weighted by Gasteiger charge is 2.15. The Bertz CT molecular complexity index is 566. The van der Waals surface area contributed by atoms with Gasteiger partial charge >= 0.3 is 0 Å². The van der Waals surface area contributed by atoms with E-state index in [1.54, 1.807) is 7.11 Å². The summed E-state index contributed by atoms with van der Waals surface area (Å²) in [5, 5.41) is 0. The topological polar surface area (TPSA) is 9.23 Å². The monoisotopic (exact) mass is 382 g/mol. The van der Waals surface area contributed by atoms with Crippen molar-refractivity contribution in [1.82, 2.24) is 0 Å². The SMILES string of the molecule is COc1ccc(Br)cc1C(Br)Cc1ccccc1C. The molecule has 0 saturated carbocycles. The number of halogens is 2. The second-order valence-electron chi connectivity index (χ2n) is 4.48. The van der Waals surface area contributed by atoms with Gasteiger partial charge in [-0.25, -0.2) is 0 Å². The van der Waals surface area contributed by atoms with Gasteiger partial charge in [0.2, 0.25) is 0 Å². The van der Waals surface area contributed by atoms with Crippen molar-refractivity contribution in [2.75, 3.05) is 7.11 Å². The smallest absolute Gasteiger partial charge is 0.123 e. The van der Waals surface area contributed by atoms with Crippen LogP contribution < -0.4 is 4.74 Å². The molecule has 2 rings (SSSR count). The highest BCUT2D eigenvalue weighted by atomic mass is 79.9. The number of alkyl halides is 1. The van der Waals surface area contributed by atoms with E-state index in [0.29, 0.717) is 0 Å². The first-order chi connectivity index (χ1) is 9.11. The Morgan fingerprint density at radius 3 is 2.58 bits per heavy atom.